The molecule has 4 aliphatic rings. The van der Waals surface area contributed by atoms with E-state index in [0.29, 0.717) is 16.9 Å². The van der Waals surface area contributed by atoms with Crippen molar-refractivity contribution in [3.8, 4) is 0 Å². The first-order chi connectivity index (χ1) is 13.1. The van der Waals surface area contributed by atoms with Crippen molar-refractivity contribution in [1.29, 1.82) is 0 Å². The molecule has 4 aliphatic carbocycles. The van der Waals surface area contributed by atoms with E-state index in [0.717, 1.165) is 30.3 Å². The third kappa shape index (κ3) is 2.84. The van der Waals surface area contributed by atoms with E-state index in [2.05, 4.69) is 56.3 Å². The summed E-state index contributed by atoms with van der Waals surface area (Å²) in [5.74, 6) is 3.73. The molecule has 5 rings (SSSR count). The molecule has 0 N–H and O–H groups in total. The number of hydrogen-bond acceptors (Lipinski definition) is 1. The van der Waals surface area contributed by atoms with E-state index in [4.69, 9.17) is 4.74 Å². The van der Waals surface area contributed by atoms with Gasteiger partial charge in [0.2, 0.25) is 0 Å². The smallest absolute Gasteiger partial charge is 0.0720 e. The Labute approximate surface area is 165 Å². The van der Waals surface area contributed by atoms with Gasteiger partial charge in [-0.15, -0.1) is 0 Å². The molecule has 146 valence electrons. The van der Waals surface area contributed by atoms with E-state index in [9.17, 15) is 0 Å². The summed E-state index contributed by atoms with van der Waals surface area (Å²) >= 11 is 0. The van der Waals surface area contributed by atoms with Crippen LogP contribution >= 0.6 is 0 Å². The standard InChI is InChI=1S/C26H36O/c1-25-16-7-6-10-20(25)11-12-21-22-13-14-24(26(22,2)17-15-23(21)25)27-18-19-8-4-3-5-9-19/h3-9,20-24H,10-18H2,1-2H3/t20-,21+,22-,23-,24+,25+,26+/m1/s1. The highest BCUT2D eigenvalue weighted by molar-refractivity contribution is 5.15. The Morgan fingerprint density at radius 3 is 2.56 bits per heavy atom. The van der Waals surface area contributed by atoms with Gasteiger partial charge in [-0.2, -0.15) is 0 Å². The summed E-state index contributed by atoms with van der Waals surface area (Å²) in [7, 11) is 0. The molecule has 0 unspecified atom stereocenters. The SMILES string of the molecule is C[C@]12CC=CC[C@@H]1CC[C@@H]1[C@H]2CC[C@]2(C)[C@@H](OCc3ccccc3)CC[C@H]12. The highest BCUT2D eigenvalue weighted by atomic mass is 16.5. The van der Waals surface area contributed by atoms with E-state index in [1.807, 2.05) is 0 Å². The van der Waals surface area contributed by atoms with E-state index < -0.39 is 0 Å². The maximum atomic E-state index is 6.56. The Hall–Kier alpha value is -1.08. The first-order valence-corrected chi connectivity index (χ1v) is 11.4. The van der Waals surface area contributed by atoms with Crippen LogP contribution in [0.15, 0.2) is 42.5 Å². The summed E-state index contributed by atoms with van der Waals surface area (Å²) < 4.78 is 6.56. The molecule has 0 saturated heterocycles. The zero-order chi connectivity index (χ0) is 18.5. The van der Waals surface area contributed by atoms with Crippen LogP contribution in [-0.2, 0) is 11.3 Å². The number of rotatable bonds is 3. The van der Waals surface area contributed by atoms with Crippen LogP contribution in [0.2, 0.25) is 0 Å². The molecular formula is C26H36O. The van der Waals surface area contributed by atoms with Crippen molar-refractivity contribution < 1.29 is 4.74 Å². The molecule has 1 aromatic carbocycles. The van der Waals surface area contributed by atoms with Crippen LogP contribution in [0.25, 0.3) is 0 Å². The first-order valence-electron chi connectivity index (χ1n) is 11.4. The molecule has 1 heteroatoms. The fourth-order valence-corrected chi connectivity index (χ4v) is 7.83. The molecule has 0 aliphatic heterocycles. The van der Waals surface area contributed by atoms with Gasteiger partial charge in [0, 0.05) is 0 Å². The minimum absolute atomic E-state index is 0.406. The fourth-order valence-electron chi connectivity index (χ4n) is 7.83. The van der Waals surface area contributed by atoms with Crippen molar-refractivity contribution in [2.45, 2.75) is 77.9 Å². The Morgan fingerprint density at radius 1 is 0.889 bits per heavy atom. The third-order valence-corrected chi connectivity index (χ3v) is 9.42. The highest BCUT2D eigenvalue weighted by Gasteiger charge is 2.59. The summed E-state index contributed by atoms with van der Waals surface area (Å²) in [4.78, 5) is 0. The lowest BCUT2D eigenvalue weighted by molar-refractivity contribution is -0.124. The molecule has 0 heterocycles. The molecule has 7 atom stereocenters. The van der Waals surface area contributed by atoms with Gasteiger partial charge >= 0.3 is 0 Å². The first kappa shape index (κ1) is 18.0. The molecular weight excluding hydrogens is 328 g/mol. The molecule has 0 amide bonds. The maximum absolute atomic E-state index is 6.56. The van der Waals surface area contributed by atoms with Crippen molar-refractivity contribution in [3.63, 3.8) is 0 Å². The Kier molecular flexibility index (Phi) is 4.50. The highest BCUT2D eigenvalue weighted by Crippen LogP contribution is 2.66. The third-order valence-electron chi connectivity index (χ3n) is 9.42. The van der Waals surface area contributed by atoms with Crippen LogP contribution < -0.4 is 0 Å². The van der Waals surface area contributed by atoms with E-state index in [-0.39, 0.29) is 0 Å². The van der Waals surface area contributed by atoms with Gasteiger partial charge < -0.3 is 4.74 Å². The second-order valence-corrected chi connectivity index (χ2v) is 10.5. The van der Waals surface area contributed by atoms with Crippen LogP contribution in [0.4, 0.5) is 0 Å². The number of allylic oxidation sites excluding steroid dienone is 2. The summed E-state index contributed by atoms with van der Waals surface area (Å²) in [5, 5.41) is 0. The lowest BCUT2D eigenvalue weighted by Gasteiger charge is -2.59. The zero-order valence-corrected chi connectivity index (χ0v) is 17.2. The van der Waals surface area contributed by atoms with Gasteiger partial charge in [0.25, 0.3) is 0 Å². The molecule has 0 radical (unpaired) electrons. The van der Waals surface area contributed by atoms with Crippen molar-refractivity contribution >= 4 is 0 Å². The molecule has 1 nitrogen and oxygen atoms in total. The average molecular weight is 365 g/mol. The van der Waals surface area contributed by atoms with Gasteiger partial charge in [-0.25, -0.2) is 0 Å². The quantitative estimate of drug-likeness (QED) is 0.537. The van der Waals surface area contributed by atoms with Crippen LogP contribution in [0.3, 0.4) is 0 Å². The predicted octanol–water partition coefficient (Wildman–Crippen LogP) is 6.78. The van der Waals surface area contributed by atoms with Crippen LogP contribution in [0, 0.1) is 34.5 Å². The minimum Gasteiger partial charge on any atom is -0.373 e. The minimum atomic E-state index is 0.406. The van der Waals surface area contributed by atoms with Gasteiger partial charge in [0.1, 0.15) is 0 Å². The number of ether oxygens (including phenoxy) is 1. The average Bonchev–Trinajstić information content (AvgIpc) is 3.03. The van der Waals surface area contributed by atoms with Crippen molar-refractivity contribution in [2.24, 2.45) is 34.5 Å². The topological polar surface area (TPSA) is 9.23 Å². The summed E-state index contributed by atoms with van der Waals surface area (Å²) in [6.45, 7) is 6.00. The van der Waals surface area contributed by atoms with Gasteiger partial charge in [-0.3, -0.25) is 0 Å². The lowest BCUT2D eigenvalue weighted by atomic mass is 9.46. The predicted molar refractivity (Wildman–Crippen MR) is 111 cm³/mol. The molecule has 3 fully saturated rings. The summed E-state index contributed by atoms with van der Waals surface area (Å²) in [6.07, 6.45) is 16.5. The molecule has 1 aromatic rings. The number of benzene rings is 1. The summed E-state index contributed by atoms with van der Waals surface area (Å²) in [5.41, 5.74) is 2.30. The Morgan fingerprint density at radius 2 is 1.70 bits per heavy atom. The fraction of sp³-hybridized carbons (Fsp3) is 0.692. The maximum Gasteiger partial charge on any atom is 0.0720 e. The zero-order valence-electron chi connectivity index (χ0n) is 17.2. The molecule has 3 saturated carbocycles. The van der Waals surface area contributed by atoms with Gasteiger partial charge in [0.05, 0.1) is 12.7 Å². The second kappa shape index (κ2) is 6.76. The van der Waals surface area contributed by atoms with E-state index in [1.54, 1.807) is 0 Å². The van der Waals surface area contributed by atoms with Crippen LogP contribution in [0.5, 0.6) is 0 Å². The van der Waals surface area contributed by atoms with Crippen LogP contribution in [-0.4, -0.2) is 6.10 Å². The monoisotopic (exact) mass is 364 g/mol. The van der Waals surface area contributed by atoms with Crippen molar-refractivity contribution in [3.05, 3.63) is 48.0 Å². The Bertz CT molecular complexity index is 693. The molecule has 0 spiro atoms. The number of fused-ring (bicyclic) bond motifs is 5. The lowest BCUT2D eigenvalue weighted by Crippen LogP contribution is -2.53. The van der Waals surface area contributed by atoms with E-state index in [1.165, 1.54) is 56.9 Å². The summed E-state index contributed by atoms with van der Waals surface area (Å²) in [6, 6.07) is 10.7. The van der Waals surface area contributed by atoms with Crippen molar-refractivity contribution in [2.75, 3.05) is 0 Å². The Balaban J connectivity index is 1.33. The van der Waals surface area contributed by atoms with Gasteiger partial charge in [-0.05, 0) is 91.4 Å². The van der Waals surface area contributed by atoms with E-state index >= 15 is 0 Å². The van der Waals surface area contributed by atoms with Crippen molar-refractivity contribution in [1.82, 2.24) is 0 Å². The number of hydrogen-bond donors (Lipinski definition) is 0. The van der Waals surface area contributed by atoms with Crippen LogP contribution in [0.1, 0.15) is 70.8 Å². The normalized spacial score (nSPS) is 45.8. The second-order valence-electron chi connectivity index (χ2n) is 10.5. The van der Waals surface area contributed by atoms with Gasteiger partial charge in [-0.1, -0.05) is 56.3 Å². The van der Waals surface area contributed by atoms with Gasteiger partial charge in [0.15, 0.2) is 0 Å². The largest absolute Gasteiger partial charge is 0.373 e. The molecule has 27 heavy (non-hydrogen) atoms. The molecule has 0 aromatic heterocycles. The molecule has 0 bridgehead atoms.